The van der Waals surface area contributed by atoms with Crippen molar-refractivity contribution in [3.05, 3.63) is 40.3 Å². The molecular weight excluding hydrogens is 342 g/mol. The minimum absolute atomic E-state index is 0.216. The number of nitrogens with zero attached hydrogens (tertiary/aromatic N) is 2. The monoisotopic (exact) mass is 363 g/mol. The molecule has 2 aromatic rings. The van der Waals surface area contributed by atoms with Gasteiger partial charge in [0, 0.05) is 25.4 Å². The second-order valence-electron chi connectivity index (χ2n) is 4.98. The summed E-state index contributed by atoms with van der Waals surface area (Å²) in [5.74, 6) is -0.324. The highest BCUT2D eigenvalue weighted by molar-refractivity contribution is 7.13. The molecule has 3 amide bonds. The second-order valence-corrected chi connectivity index (χ2v) is 6.04. The van der Waals surface area contributed by atoms with E-state index in [1.54, 1.807) is 12.1 Å². The Labute approximate surface area is 150 Å². The summed E-state index contributed by atoms with van der Waals surface area (Å²) in [5.41, 5.74) is 0.689. The van der Waals surface area contributed by atoms with Crippen molar-refractivity contribution in [1.82, 2.24) is 20.8 Å². The van der Waals surface area contributed by atoms with Gasteiger partial charge in [-0.25, -0.2) is 4.79 Å². The van der Waals surface area contributed by atoms with Gasteiger partial charge >= 0.3 is 6.03 Å². The zero-order chi connectivity index (χ0) is 17.9. The summed E-state index contributed by atoms with van der Waals surface area (Å²) in [6.07, 6.45) is 0.754. The Hall–Kier alpha value is -2.52. The molecule has 1 heterocycles. The summed E-state index contributed by atoms with van der Waals surface area (Å²) in [7, 11) is 0. The van der Waals surface area contributed by atoms with Crippen LogP contribution in [0.15, 0.2) is 30.3 Å². The number of hydrogen-bond acceptors (Lipinski definition) is 6. The van der Waals surface area contributed by atoms with Gasteiger partial charge in [0.1, 0.15) is 5.01 Å². The number of para-hydroxylation sites is 1. The van der Waals surface area contributed by atoms with E-state index in [0.717, 1.165) is 17.8 Å². The normalized spacial score (nSPS) is 10.3. The maximum atomic E-state index is 12.1. The van der Waals surface area contributed by atoms with Gasteiger partial charge in [-0.05, 0) is 25.5 Å². The smallest absolute Gasteiger partial charge is 0.315 e. The predicted molar refractivity (Wildman–Crippen MR) is 95.7 cm³/mol. The lowest BCUT2D eigenvalue weighted by atomic mass is 10.3. The van der Waals surface area contributed by atoms with Crippen molar-refractivity contribution in [1.29, 1.82) is 0 Å². The molecule has 25 heavy (non-hydrogen) atoms. The molecule has 8 nitrogen and oxygen atoms in total. The third-order valence-electron chi connectivity index (χ3n) is 3.05. The number of ether oxygens (including phenoxy) is 1. The predicted octanol–water partition coefficient (Wildman–Crippen LogP) is 2.02. The quantitative estimate of drug-likeness (QED) is 0.591. The van der Waals surface area contributed by atoms with Gasteiger partial charge < -0.3 is 20.7 Å². The van der Waals surface area contributed by atoms with E-state index in [1.807, 2.05) is 25.1 Å². The van der Waals surface area contributed by atoms with Crippen LogP contribution in [0, 0.1) is 0 Å². The highest BCUT2D eigenvalue weighted by Gasteiger charge is 2.13. The second kappa shape index (κ2) is 10.4. The third kappa shape index (κ3) is 6.86. The van der Waals surface area contributed by atoms with Gasteiger partial charge in [-0.2, -0.15) is 0 Å². The van der Waals surface area contributed by atoms with E-state index in [2.05, 4.69) is 26.1 Å². The number of rotatable bonds is 9. The van der Waals surface area contributed by atoms with E-state index >= 15 is 0 Å². The number of benzene rings is 1. The number of nitrogens with one attached hydrogen (secondary N) is 3. The molecule has 0 aliphatic carbocycles. The van der Waals surface area contributed by atoms with E-state index in [4.69, 9.17) is 4.74 Å². The molecule has 2 rings (SSSR count). The molecule has 1 aromatic carbocycles. The van der Waals surface area contributed by atoms with Gasteiger partial charge in [0.05, 0.1) is 6.54 Å². The number of amides is 3. The van der Waals surface area contributed by atoms with Crippen molar-refractivity contribution >= 4 is 29.0 Å². The average Bonchev–Trinajstić information content (AvgIpc) is 3.10. The van der Waals surface area contributed by atoms with E-state index in [1.165, 1.54) is 0 Å². The lowest BCUT2D eigenvalue weighted by molar-refractivity contribution is 0.102. The van der Waals surface area contributed by atoms with Gasteiger partial charge in [-0.15, -0.1) is 10.2 Å². The zero-order valence-corrected chi connectivity index (χ0v) is 14.8. The van der Waals surface area contributed by atoms with E-state index in [9.17, 15) is 9.59 Å². The number of carbonyl (C=O) groups is 2. The van der Waals surface area contributed by atoms with E-state index in [-0.39, 0.29) is 23.5 Å². The minimum Gasteiger partial charge on any atom is -0.382 e. The van der Waals surface area contributed by atoms with E-state index < -0.39 is 0 Å². The van der Waals surface area contributed by atoms with Crippen molar-refractivity contribution < 1.29 is 14.3 Å². The van der Waals surface area contributed by atoms with Gasteiger partial charge in [0.15, 0.2) is 0 Å². The minimum atomic E-state index is -0.324. The van der Waals surface area contributed by atoms with Crippen LogP contribution < -0.4 is 16.0 Å². The Morgan fingerprint density at radius 3 is 2.72 bits per heavy atom. The Morgan fingerprint density at radius 1 is 1.16 bits per heavy atom. The summed E-state index contributed by atoms with van der Waals surface area (Å²) in [5, 5.41) is 16.7. The molecule has 0 radical (unpaired) electrons. The van der Waals surface area contributed by atoms with Gasteiger partial charge in [-0.3, -0.25) is 4.79 Å². The van der Waals surface area contributed by atoms with Crippen molar-refractivity contribution in [3.8, 4) is 0 Å². The van der Waals surface area contributed by atoms with Crippen LogP contribution >= 0.6 is 11.3 Å². The van der Waals surface area contributed by atoms with Crippen LogP contribution in [0.3, 0.4) is 0 Å². The summed E-state index contributed by atoms with van der Waals surface area (Å²) in [6, 6.07) is 8.82. The molecule has 0 aliphatic rings. The molecule has 0 saturated heterocycles. The fourth-order valence-electron chi connectivity index (χ4n) is 1.86. The highest BCUT2D eigenvalue weighted by atomic mass is 32.1. The van der Waals surface area contributed by atoms with Crippen LogP contribution in [0.25, 0.3) is 0 Å². The van der Waals surface area contributed by atoms with Crippen LogP contribution in [-0.4, -0.2) is 41.9 Å². The number of aromatic nitrogens is 2. The molecule has 0 saturated carbocycles. The maximum absolute atomic E-state index is 12.1. The standard InChI is InChI=1S/C16H21N5O3S/c1-2-24-10-6-9-17-16(23)18-11-13-20-21-15(25-13)14(22)19-12-7-4-3-5-8-12/h3-5,7-8H,2,6,9-11H2,1H3,(H,19,22)(H2,17,18,23). The number of anilines is 1. The van der Waals surface area contributed by atoms with Crippen molar-refractivity contribution in [3.63, 3.8) is 0 Å². The van der Waals surface area contributed by atoms with Crippen LogP contribution in [0.4, 0.5) is 10.5 Å². The fourth-order valence-corrected chi connectivity index (χ4v) is 2.54. The number of carbonyl (C=O) groups excluding carboxylic acids is 2. The molecule has 0 fully saturated rings. The van der Waals surface area contributed by atoms with E-state index in [0.29, 0.717) is 30.5 Å². The average molecular weight is 363 g/mol. The number of hydrogen-bond donors (Lipinski definition) is 3. The van der Waals surface area contributed by atoms with Gasteiger partial charge in [-0.1, -0.05) is 29.5 Å². The Kier molecular flexibility index (Phi) is 7.80. The zero-order valence-electron chi connectivity index (χ0n) is 13.9. The molecule has 9 heteroatoms. The molecule has 0 bridgehead atoms. The topological polar surface area (TPSA) is 105 Å². The van der Waals surface area contributed by atoms with Gasteiger partial charge in [0.2, 0.25) is 5.01 Å². The highest BCUT2D eigenvalue weighted by Crippen LogP contribution is 2.12. The first-order valence-electron chi connectivity index (χ1n) is 7.97. The molecule has 0 atom stereocenters. The fraction of sp³-hybridized carbons (Fsp3) is 0.375. The van der Waals surface area contributed by atoms with Crippen molar-refractivity contribution in [2.45, 2.75) is 19.9 Å². The molecule has 0 spiro atoms. The molecule has 134 valence electrons. The van der Waals surface area contributed by atoms with Crippen molar-refractivity contribution in [2.75, 3.05) is 25.1 Å². The lowest BCUT2D eigenvalue weighted by Crippen LogP contribution is -2.35. The van der Waals surface area contributed by atoms with Gasteiger partial charge in [0.25, 0.3) is 5.91 Å². The largest absolute Gasteiger partial charge is 0.382 e. The number of urea groups is 1. The first-order chi connectivity index (χ1) is 12.2. The Morgan fingerprint density at radius 2 is 1.96 bits per heavy atom. The Balaban J connectivity index is 1.72. The first kappa shape index (κ1) is 18.8. The molecule has 0 unspecified atom stereocenters. The molecule has 0 aliphatic heterocycles. The van der Waals surface area contributed by atoms with Crippen LogP contribution in [0.1, 0.15) is 28.2 Å². The SMILES string of the molecule is CCOCCCNC(=O)NCc1nnc(C(=O)Nc2ccccc2)s1. The maximum Gasteiger partial charge on any atom is 0.315 e. The van der Waals surface area contributed by atoms with Crippen LogP contribution in [0.5, 0.6) is 0 Å². The summed E-state index contributed by atoms with van der Waals surface area (Å²) >= 11 is 1.14. The van der Waals surface area contributed by atoms with Crippen LogP contribution in [-0.2, 0) is 11.3 Å². The van der Waals surface area contributed by atoms with Crippen LogP contribution in [0.2, 0.25) is 0 Å². The summed E-state index contributed by atoms with van der Waals surface area (Å²) in [6.45, 7) is 3.97. The summed E-state index contributed by atoms with van der Waals surface area (Å²) < 4.78 is 5.19. The molecule has 3 N–H and O–H groups in total. The lowest BCUT2D eigenvalue weighted by Gasteiger charge is -2.06. The molecular formula is C16H21N5O3S. The summed E-state index contributed by atoms with van der Waals surface area (Å²) in [4.78, 5) is 23.7. The Bertz CT molecular complexity index is 677. The third-order valence-corrected chi connectivity index (χ3v) is 3.97. The first-order valence-corrected chi connectivity index (χ1v) is 8.79. The molecule has 1 aromatic heterocycles. The van der Waals surface area contributed by atoms with Crippen molar-refractivity contribution in [2.24, 2.45) is 0 Å².